The molecule has 0 aromatic rings. The zero-order valence-corrected chi connectivity index (χ0v) is 13.7. The van der Waals surface area contributed by atoms with Crippen LogP contribution in [0, 0.1) is 17.3 Å². The Balaban J connectivity index is 1.94. The number of rotatable bonds is 5. The first-order valence-electron chi connectivity index (χ1n) is 8.43. The highest BCUT2D eigenvalue weighted by molar-refractivity contribution is 5.78. The van der Waals surface area contributed by atoms with Gasteiger partial charge in [-0.05, 0) is 36.6 Å². The monoisotopic (exact) mass is 280 g/mol. The summed E-state index contributed by atoms with van der Waals surface area (Å²) in [5.74, 6) is 1.66. The summed E-state index contributed by atoms with van der Waals surface area (Å²) in [6, 6.07) is 0.505. The van der Waals surface area contributed by atoms with Gasteiger partial charge in [-0.3, -0.25) is 4.79 Å². The highest BCUT2D eigenvalue weighted by atomic mass is 16.2. The van der Waals surface area contributed by atoms with Gasteiger partial charge >= 0.3 is 0 Å². The van der Waals surface area contributed by atoms with E-state index >= 15 is 0 Å². The molecule has 2 aliphatic rings. The molecule has 0 aromatic heterocycles. The Hall–Kier alpha value is -0.570. The number of likely N-dealkylation sites (N-methyl/N-ethyl adjacent to an activating group) is 1. The minimum atomic E-state index is 0.242. The molecular weight excluding hydrogens is 248 g/mol. The fourth-order valence-corrected chi connectivity index (χ4v) is 3.77. The molecule has 1 amide bonds. The molecule has 2 rings (SSSR count). The second-order valence-electron chi connectivity index (χ2n) is 7.77. The van der Waals surface area contributed by atoms with Crippen molar-refractivity contribution in [2.24, 2.45) is 17.3 Å². The van der Waals surface area contributed by atoms with Gasteiger partial charge in [0.2, 0.25) is 5.91 Å². The lowest BCUT2D eigenvalue weighted by Gasteiger charge is -2.31. The molecule has 116 valence electrons. The molecule has 1 aliphatic heterocycles. The Bertz CT molecular complexity index is 328. The Kier molecular flexibility index (Phi) is 5.11. The van der Waals surface area contributed by atoms with Gasteiger partial charge in [0, 0.05) is 25.6 Å². The number of carbonyl (C=O) groups is 1. The predicted molar refractivity (Wildman–Crippen MR) is 83.6 cm³/mol. The van der Waals surface area contributed by atoms with E-state index in [1.54, 1.807) is 0 Å². The molecule has 1 N–H and O–H groups in total. The minimum Gasteiger partial charge on any atom is -0.341 e. The summed E-state index contributed by atoms with van der Waals surface area (Å²) in [7, 11) is 0. The third kappa shape index (κ3) is 3.75. The molecule has 1 saturated heterocycles. The normalized spacial score (nSPS) is 26.5. The van der Waals surface area contributed by atoms with Crippen LogP contribution in [0.2, 0.25) is 0 Å². The number of nitrogens with one attached hydrogen (secondary N) is 1. The molecule has 3 nitrogen and oxygen atoms in total. The minimum absolute atomic E-state index is 0.242. The van der Waals surface area contributed by atoms with Crippen molar-refractivity contribution >= 4 is 5.91 Å². The second kappa shape index (κ2) is 6.46. The molecule has 3 heteroatoms. The van der Waals surface area contributed by atoms with Crippen molar-refractivity contribution in [1.82, 2.24) is 10.2 Å². The Labute approximate surface area is 124 Å². The van der Waals surface area contributed by atoms with E-state index in [0.29, 0.717) is 17.9 Å². The van der Waals surface area contributed by atoms with Crippen LogP contribution in [-0.2, 0) is 4.79 Å². The van der Waals surface area contributed by atoms with E-state index in [1.807, 2.05) is 0 Å². The van der Waals surface area contributed by atoms with E-state index in [2.05, 4.69) is 37.9 Å². The molecule has 20 heavy (non-hydrogen) atoms. The van der Waals surface area contributed by atoms with Gasteiger partial charge in [0.25, 0.3) is 0 Å². The fourth-order valence-electron chi connectivity index (χ4n) is 3.77. The molecule has 1 aliphatic carbocycles. The summed E-state index contributed by atoms with van der Waals surface area (Å²) in [6.07, 6.45) is 6.15. The summed E-state index contributed by atoms with van der Waals surface area (Å²) >= 11 is 0. The van der Waals surface area contributed by atoms with Gasteiger partial charge in [-0.25, -0.2) is 0 Å². The number of hydrogen-bond acceptors (Lipinski definition) is 2. The van der Waals surface area contributed by atoms with Crippen molar-refractivity contribution in [1.29, 1.82) is 0 Å². The average Bonchev–Trinajstić information content (AvgIpc) is 2.98. The molecule has 1 saturated carbocycles. The Morgan fingerprint density at radius 2 is 1.95 bits per heavy atom. The SMILES string of the molecule is CCNC(CN1CC(C(C)(C)C)CC1=O)C1CCCC1. The maximum atomic E-state index is 12.3. The highest BCUT2D eigenvalue weighted by Gasteiger charge is 2.38. The third-order valence-corrected chi connectivity index (χ3v) is 5.29. The van der Waals surface area contributed by atoms with Gasteiger partial charge in [-0.1, -0.05) is 40.5 Å². The molecular formula is C17H32N2O. The van der Waals surface area contributed by atoms with Crippen LogP contribution in [0.15, 0.2) is 0 Å². The quantitative estimate of drug-likeness (QED) is 0.839. The number of hydrogen-bond donors (Lipinski definition) is 1. The van der Waals surface area contributed by atoms with E-state index in [-0.39, 0.29) is 5.41 Å². The number of carbonyl (C=O) groups excluding carboxylic acids is 1. The summed E-state index contributed by atoms with van der Waals surface area (Å²) in [5.41, 5.74) is 0.242. The van der Waals surface area contributed by atoms with Crippen LogP contribution < -0.4 is 5.32 Å². The number of nitrogens with zero attached hydrogens (tertiary/aromatic N) is 1. The molecule has 0 bridgehead atoms. The van der Waals surface area contributed by atoms with Crippen LogP contribution in [0.1, 0.15) is 59.8 Å². The second-order valence-corrected chi connectivity index (χ2v) is 7.77. The smallest absolute Gasteiger partial charge is 0.222 e. The van der Waals surface area contributed by atoms with Gasteiger partial charge in [0.15, 0.2) is 0 Å². The van der Waals surface area contributed by atoms with Gasteiger partial charge in [-0.15, -0.1) is 0 Å². The molecule has 0 spiro atoms. The Morgan fingerprint density at radius 1 is 1.30 bits per heavy atom. The highest BCUT2D eigenvalue weighted by Crippen LogP contribution is 2.35. The molecule has 2 fully saturated rings. The maximum Gasteiger partial charge on any atom is 0.222 e. The summed E-state index contributed by atoms with van der Waals surface area (Å²) < 4.78 is 0. The lowest BCUT2D eigenvalue weighted by molar-refractivity contribution is -0.128. The molecule has 2 unspecified atom stereocenters. The lowest BCUT2D eigenvalue weighted by Crippen LogP contribution is -2.45. The van der Waals surface area contributed by atoms with E-state index in [4.69, 9.17) is 0 Å². The lowest BCUT2D eigenvalue weighted by atomic mass is 9.80. The van der Waals surface area contributed by atoms with Crippen molar-refractivity contribution in [2.45, 2.75) is 65.8 Å². The molecule has 0 radical (unpaired) electrons. The number of likely N-dealkylation sites (tertiary alicyclic amines) is 1. The van der Waals surface area contributed by atoms with Crippen molar-refractivity contribution in [2.75, 3.05) is 19.6 Å². The van der Waals surface area contributed by atoms with Crippen molar-refractivity contribution < 1.29 is 4.79 Å². The van der Waals surface area contributed by atoms with Gasteiger partial charge < -0.3 is 10.2 Å². The fraction of sp³-hybridized carbons (Fsp3) is 0.941. The van der Waals surface area contributed by atoms with Crippen LogP contribution in [0.25, 0.3) is 0 Å². The van der Waals surface area contributed by atoms with Gasteiger partial charge in [0.1, 0.15) is 0 Å². The van der Waals surface area contributed by atoms with E-state index < -0.39 is 0 Å². The van der Waals surface area contributed by atoms with Crippen LogP contribution >= 0.6 is 0 Å². The van der Waals surface area contributed by atoms with E-state index in [9.17, 15) is 4.79 Å². The molecule has 2 atom stereocenters. The van der Waals surface area contributed by atoms with Crippen molar-refractivity contribution in [3.63, 3.8) is 0 Å². The maximum absolute atomic E-state index is 12.3. The largest absolute Gasteiger partial charge is 0.341 e. The summed E-state index contributed by atoms with van der Waals surface area (Å²) in [6.45, 7) is 11.8. The number of amides is 1. The van der Waals surface area contributed by atoms with Crippen molar-refractivity contribution in [3.05, 3.63) is 0 Å². The Morgan fingerprint density at radius 3 is 2.45 bits per heavy atom. The zero-order chi connectivity index (χ0) is 14.8. The summed E-state index contributed by atoms with van der Waals surface area (Å²) in [4.78, 5) is 14.4. The van der Waals surface area contributed by atoms with Crippen LogP contribution in [-0.4, -0.2) is 36.5 Å². The van der Waals surface area contributed by atoms with E-state index in [1.165, 1.54) is 25.7 Å². The molecule has 0 aromatic carbocycles. The first-order chi connectivity index (χ1) is 9.41. The third-order valence-electron chi connectivity index (χ3n) is 5.29. The van der Waals surface area contributed by atoms with Gasteiger partial charge in [-0.2, -0.15) is 0 Å². The topological polar surface area (TPSA) is 32.3 Å². The summed E-state index contributed by atoms with van der Waals surface area (Å²) in [5, 5.41) is 3.63. The average molecular weight is 280 g/mol. The van der Waals surface area contributed by atoms with Crippen LogP contribution in [0.3, 0.4) is 0 Å². The standard InChI is InChI=1S/C17H32N2O/c1-5-18-15(13-8-6-7-9-13)12-19-11-14(10-16(19)20)17(2,3)4/h13-15,18H,5-12H2,1-4H3. The van der Waals surface area contributed by atoms with Crippen LogP contribution in [0.5, 0.6) is 0 Å². The first-order valence-corrected chi connectivity index (χ1v) is 8.43. The zero-order valence-electron chi connectivity index (χ0n) is 13.7. The molecule has 1 heterocycles. The predicted octanol–water partition coefficient (Wildman–Crippen LogP) is 3.05. The van der Waals surface area contributed by atoms with Crippen molar-refractivity contribution in [3.8, 4) is 0 Å². The van der Waals surface area contributed by atoms with Crippen LogP contribution in [0.4, 0.5) is 0 Å². The first kappa shape index (κ1) is 15.8. The van der Waals surface area contributed by atoms with Gasteiger partial charge in [0.05, 0.1) is 0 Å². The van der Waals surface area contributed by atoms with E-state index in [0.717, 1.165) is 32.0 Å².